The fourth-order valence-corrected chi connectivity index (χ4v) is 1.18. The minimum Gasteiger partial charge on any atom is -0.385 e. The number of hydrogen-bond acceptors (Lipinski definition) is 6. The van der Waals surface area contributed by atoms with Crippen molar-refractivity contribution in [3.05, 3.63) is 5.28 Å². The highest BCUT2D eigenvalue weighted by atomic mass is 35.5. The summed E-state index contributed by atoms with van der Waals surface area (Å²) in [5.41, 5.74) is 5.40. The van der Waals surface area contributed by atoms with Crippen LogP contribution in [-0.4, -0.2) is 35.2 Å². The standard InChI is InChI=1S/C8H14ClN5O/c1-15-5-3-2-4-11-8-13-6(9)12-7(10)14-8/h2-5H2,1H3,(H3,10,11,12,13,14). The van der Waals surface area contributed by atoms with Gasteiger partial charge in [0.2, 0.25) is 17.2 Å². The lowest BCUT2D eigenvalue weighted by atomic mass is 10.3. The molecule has 0 aliphatic carbocycles. The van der Waals surface area contributed by atoms with Crippen LogP contribution in [0.2, 0.25) is 5.28 Å². The van der Waals surface area contributed by atoms with E-state index in [0.717, 1.165) is 26.0 Å². The van der Waals surface area contributed by atoms with Gasteiger partial charge in [0.05, 0.1) is 0 Å². The van der Waals surface area contributed by atoms with Crippen LogP contribution in [0.1, 0.15) is 12.8 Å². The second-order valence-electron chi connectivity index (χ2n) is 2.91. The molecule has 0 saturated carbocycles. The molecular weight excluding hydrogens is 218 g/mol. The molecular formula is C8H14ClN5O. The SMILES string of the molecule is COCCCCNc1nc(N)nc(Cl)n1. The van der Waals surface area contributed by atoms with Gasteiger partial charge >= 0.3 is 0 Å². The Bertz CT molecular complexity index is 289. The summed E-state index contributed by atoms with van der Waals surface area (Å²) >= 11 is 5.61. The monoisotopic (exact) mass is 231 g/mol. The fourth-order valence-electron chi connectivity index (χ4n) is 1.02. The first kappa shape index (κ1) is 11.9. The first-order valence-corrected chi connectivity index (χ1v) is 5.00. The van der Waals surface area contributed by atoms with E-state index >= 15 is 0 Å². The van der Waals surface area contributed by atoms with Gasteiger partial charge in [-0.15, -0.1) is 0 Å². The Morgan fingerprint density at radius 2 is 2.13 bits per heavy atom. The molecule has 0 unspecified atom stereocenters. The molecule has 1 aromatic rings. The number of hydrogen-bond donors (Lipinski definition) is 2. The van der Waals surface area contributed by atoms with Crippen LogP contribution in [0.3, 0.4) is 0 Å². The molecule has 3 N–H and O–H groups in total. The van der Waals surface area contributed by atoms with Gasteiger partial charge in [0.15, 0.2) is 0 Å². The van der Waals surface area contributed by atoms with Crippen molar-refractivity contribution in [1.82, 2.24) is 15.0 Å². The van der Waals surface area contributed by atoms with Crippen LogP contribution in [0.15, 0.2) is 0 Å². The van der Waals surface area contributed by atoms with Crippen LogP contribution in [0.25, 0.3) is 0 Å². The minimum absolute atomic E-state index is 0.0990. The van der Waals surface area contributed by atoms with Crippen molar-refractivity contribution in [1.29, 1.82) is 0 Å². The number of aromatic nitrogens is 3. The molecule has 1 aromatic heterocycles. The smallest absolute Gasteiger partial charge is 0.228 e. The van der Waals surface area contributed by atoms with Crippen molar-refractivity contribution in [2.24, 2.45) is 0 Å². The van der Waals surface area contributed by atoms with Crippen LogP contribution >= 0.6 is 11.6 Å². The summed E-state index contributed by atoms with van der Waals surface area (Å²) in [7, 11) is 1.68. The Kier molecular flexibility index (Phi) is 5.06. The zero-order valence-electron chi connectivity index (χ0n) is 8.53. The van der Waals surface area contributed by atoms with Crippen molar-refractivity contribution in [2.45, 2.75) is 12.8 Å². The van der Waals surface area contributed by atoms with Gasteiger partial charge in [-0.25, -0.2) is 0 Å². The Hall–Kier alpha value is -1.14. The highest BCUT2D eigenvalue weighted by Crippen LogP contribution is 2.06. The van der Waals surface area contributed by atoms with Crippen molar-refractivity contribution in [2.75, 3.05) is 31.3 Å². The van der Waals surface area contributed by atoms with E-state index in [2.05, 4.69) is 20.3 Å². The number of ether oxygens (including phenoxy) is 1. The molecule has 0 amide bonds. The summed E-state index contributed by atoms with van der Waals surface area (Å²) in [6.45, 7) is 1.50. The third kappa shape index (κ3) is 4.75. The predicted molar refractivity (Wildman–Crippen MR) is 58.8 cm³/mol. The molecule has 0 saturated heterocycles. The first-order chi connectivity index (χ1) is 7.22. The molecule has 0 radical (unpaired) electrons. The van der Waals surface area contributed by atoms with Gasteiger partial charge in [-0.1, -0.05) is 0 Å². The van der Waals surface area contributed by atoms with Crippen molar-refractivity contribution in [3.8, 4) is 0 Å². The molecule has 15 heavy (non-hydrogen) atoms. The van der Waals surface area contributed by atoms with Crippen LogP contribution in [0.5, 0.6) is 0 Å². The lowest BCUT2D eigenvalue weighted by Gasteiger charge is -2.04. The summed E-state index contributed by atoms with van der Waals surface area (Å²) in [5.74, 6) is 0.527. The van der Waals surface area contributed by atoms with Crippen molar-refractivity contribution < 1.29 is 4.74 Å². The molecule has 1 rings (SSSR count). The molecule has 0 aliphatic heterocycles. The number of nitrogens with one attached hydrogen (secondary N) is 1. The fraction of sp³-hybridized carbons (Fsp3) is 0.625. The van der Waals surface area contributed by atoms with Gasteiger partial charge in [0.25, 0.3) is 0 Å². The number of methoxy groups -OCH3 is 1. The van der Waals surface area contributed by atoms with Crippen LogP contribution in [0.4, 0.5) is 11.9 Å². The Balaban J connectivity index is 2.31. The Morgan fingerprint density at radius 3 is 2.80 bits per heavy atom. The number of nitrogen functional groups attached to an aromatic ring is 1. The van der Waals surface area contributed by atoms with E-state index in [-0.39, 0.29) is 11.2 Å². The molecule has 0 atom stereocenters. The summed E-state index contributed by atoms with van der Waals surface area (Å²) in [4.78, 5) is 11.4. The van der Waals surface area contributed by atoms with E-state index in [4.69, 9.17) is 22.1 Å². The van der Waals surface area contributed by atoms with Gasteiger partial charge in [0.1, 0.15) is 0 Å². The third-order valence-corrected chi connectivity index (χ3v) is 1.85. The van der Waals surface area contributed by atoms with Crippen molar-refractivity contribution >= 4 is 23.5 Å². The molecule has 6 nitrogen and oxygen atoms in total. The normalized spacial score (nSPS) is 10.3. The van der Waals surface area contributed by atoms with Crippen LogP contribution in [-0.2, 0) is 4.74 Å². The van der Waals surface area contributed by atoms with E-state index in [0.29, 0.717) is 5.95 Å². The van der Waals surface area contributed by atoms with Gasteiger partial charge < -0.3 is 15.8 Å². The Labute approximate surface area is 93.2 Å². The maximum atomic E-state index is 5.61. The molecule has 0 spiro atoms. The van der Waals surface area contributed by atoms with E-state index in [1.54, 1.807) is 7.11 Å². The topological polar surface area (TPSA) is 86.0 Å². The van der Waals surface area contributed by atoms with Gasteiger partial charge in [-0.2, -0.15) is 15.0 Å². The molecule has 0 aliphatic rings. The van der Waals surface area contributed by atoms with E-state index < -0.39 is 0 Å². The Morgan fingerprint density at radius 1 is 1.33 bits per heavy atom. The third-order valence-electron chi connectivity index (χ3n) is 1.68. The average Bonchev–Trinajstić information content (AvgIpc) is 2.16. The summed E-state index contributed by atoms with van der Waals surface area (Å²) < 4.78 is 4.92. The first-order valence-electron chi connectivity index (χ1n) is 4.62. The van der Waals surface area contributed by atoms with Crippen LogP contribution in [0, 0.1) is 0 Å². The summed E-state index contributed by atoms with van der Waals surface area (Å²) in [5, 5.41) is 3.10. The molecule has 0 aromatic carbocycles. The van der Waals surface area contributed by atoms with Crippen molar-refractivity contribution in [3.63, 3.8) is 0 Å². The zero-order valence-corrected chi connectivity index (χ0v) is 9.29. The number of nitrogens with two attached hydrogens (primary N) is 1. The lowest BCUT2D eigenvalue weighted by Crippen LogP contribution is -2.08. The van der Waals surface area contributed by atoms with Crippen LogP contribution < -0.4 is 11.1 Å². The van der Waals surface area contributed by atoms with Gasteiger partial charge in [-0.3, -0.25) is 0 Å². The highest BCUT2D eigenvalue weighted by Gasteiger charge is 2.00. The predicted octanol–water partition coefficient (Wildman–Crippen LogP) is 0.946. The molecule has 7 heteroatoms. The number of halogens is 1. The van der Waals surface area contributed by atoms with E-state index in [1.165, 1.54) is 0 Å². The average molecular weight is 232 g/mol. The number of nitrogens with zero attached hydrogens (tertiary/aromatic N) is 3. The maximum absolute atomic E-state index is 5.61. The maximum Gasteiger partial charge on any atom is 0.228 e. The molecule has 1 heterocycles. The number of rotatable bonds is 6. The minimum atomic E-state index is 0.0990. The summed E-state index contributed by atoms with van der Waals surface area (Å²) in [6, 6.07) is 0. The second-order valence-corrected chi connectivity index (χ2v) is 3.25. The highest BCUT2D eigenvalue weighted by molar-refractivity contribution is 6.28. The zero-order chi connectivity index (χ0) is 11.1. The molecule has 84 valence electrons. The van der Waals surface area contributed by atoms with E-state index in [1.807, 2.05) is 0 Å². The second kappa shape index (κ2) is 6.36. The number of unbranched alkanes of at least 4 members (excludes halogenated alkanes) is 1. The quantitative estimate of drug-likeness (QED) is 0.709. The largest absolute Gasteiger partial charge is 0.385 e. The molecule has 0 fully saturated rings. The van der Waals surface area contributed by atoms with Gasteiger partial charge in [-0.05, 0) is 24.4 Å². The molecule has 0 bridgehead atoms. The number of anilines is 2. The van der Waals surface area contributed by atoms with Gasteiger partial charge in [0, 0.05) is 20.3 Å². The lowest BCUT2D eigenvalue weighted by molar-refractivity contribution is 0.193. The summed E-state index contributed by atoms with van der Waals surface area (Å²) in [6.07, 6.45) is 1.95. The van der Waals surface area contributed by atoms with E-state index in [9.17, 15) is 0 Å².